The number of hydrogen-bond donors (Lipinski definition) is 0. The minimum atomic E-state index is -4.53. The number of carbonyl (C=O) groups is 1. The lowest BCUT2D eigenvalue weighted by Gasteiger charge is -2.07. The minimum absolute atomic E-state index is 0.572. The van der Waals surface area contributed by atoms with E-state index < -0.39 is 25.4 Å². The highest BCUT2D eigenvalue weighted by atomic mass is 19.4. The van der Waals surface area contributed by atoms with E-state index in [0.29, 0.717) is 0 Å². The molecule has 0 saturated heterocycles. The van der Waals surface area contributed by atoms with E-state index in [0.717, 1.165) is 16.3 Å². The summed E-state index contributed by atoms with van der Waals surface area (Å²) >= 11 is 0. The van der Waals surface area contributed by atoms with E-state index in [1.807, 2.05) is 42.5 Å². The minimum Gasteiger partial charge on any atom is -0.489 e. The summed E-state index contributed by atoms with van der Waals surface area (Å²) < 4.78 is 44.4. The molecule has 116 valence electrons. The largest absolute Gasteiger partial charge is 0.489 e. The summed E-state index contributed by atoms with van der Waals surface area (Å²) in [6, 6.07) is 13.4. The molecule has 0 N–H and O–H groups in total. The maximum Gasteiger partial charge on any atom is 0.422 e. The molecule has 0 bridgehead atoms. The fourth-order valence-electron chi connectivity index (χ4n) is 1.84. The number of carbonyl (C=O) groups excluding carboxylic acids is 1. The van der Waals surface area contributed by atoms with E-state index in [4.69, 9.17) is 4.74 Å². The number of hydrogen-bond acceptors (Lipinski definition) is 3. The molecule has 2 aromatic rings. The molecule has 0 spiro atoms. The van der Waals surface area contributed by atoms with Gasteiger partial charge in [-0.05, 0) is 22.4 Å². The average molecular weight is 310 g/mol. The van der Waals surface area contributed by atoms with Crippen LogP contribution in [0, 0.1) is 0 Å². The highest BCUT2D eigenvalue weighted by molar-refractivity contribution is 5.90. The third kappa shape index (κ3) is 4.80. The van der Waals surface area contributed by atoms with E-state index in [-0.39, 0.29) is 0 Å². The lowest BCUT2D eigenvalue weighted by atomic mass is 10.1. The summed E-state index contributed by atoms with van der Waals surface area (Å²) in [6.07, 6.45) is -1.63. The summed E-state index contributed by atoms with van der Waals surface area (Å²) in [7, 11) is 0. The van der Waals surface area contributed by atoms with Gasteiger partial charge in [-0.25, -0.2) is 4.79 Å². The molecule has 0 aliphatic rings. The molecule has 6 heteroatoms. The van der Waals surface area contributed by atoms with Gasteiger partial charge >= 0.3 is 12.1 Å². The molecule has 0 aromatic heterocycles. The van der Waals surface area contributed by atoms with Crippen LogP contribution in [0.1, 0.15) is 5.56 Å². The van der Waals surface area contributed by atoms with Crippen molar-refractivity contribution in [1.82, 2.24) is 0 Å². The summed E-state index contributed by atoms with van der Waals surface area (Å²) in [5.74, 6) is -1.07. The first-order chi connectivity index (χ1) is 10.5. The van der Waals surface area contributed by atoms with Gasteiger partial charge < -0.3 is 9.47 Å². The van der Waals surface area contributed by atoms with E-state index in [1.54, 1.807) is 6.08 Å². The molecule has 3 nitrogen and oxygen atoms in total. The Balaban J connectivity index is 1.88. The molecule has 0 atom stereocenters. The molecular formula is C16H13F3O3. The van der Waals surface area contributed by atoms with Crippen LogP contribution >= 0.6 is 0 Å². The second-order valence-electron chi connectivity index (χ2n) is 4.46. The van der Waals surface area contributed by atoms with Crippen LogP contribution in [0.5, 0.6) is 0 Å². The summed E-state index contributed by atoms with van der Waals surface area (Å²) in [5.41, 5.74) is 0.877. The normalized spacial score (nSPS) is 11.8. The number of fused-ring (bicyclic) bond motifs is 1. The first-order valence-corrected chi connectivity index (χ1v) is 6.44. The fourth-order valence-corrected chi connectivity index (χ4v) is 1.84. The predicted molar refractivity (Wildman–Crippen MR) is 75.9 cm³/mol. The standard InChI is InChI=1S/C16H13F3O3/c17-16(18,19)11-22-15(20)10-21-9-8-13-6-3-5-12-4-1-2-7-14(12)13/h1-9H,10-11H2. The van der Waals surface area contributed by atoms with Gasteiger partial charge in [0, 0.05) is 0 Å². The van der Waals surface area contributed by atoms with Crippen LogP contribution < -0.4 is 0 Å². The molecule has 2 aromatic carbocycles. The molecule has 0 heterocycles. The van der Waals surface area contributed by atoms with Crippen LogP contribution in [-0.2, 0) is 14.3 Å². The third-order valence-corrected chi connectivity index (χ3v) is 2.77. The molecule has 0 fully saturated rings. The van der Waals surface area contributed by atoms with Gasteiger partial charge in [0.2, 0.25) is 0 Å². The van der Waals surface area contributed by atoms with Crippen LogP contribution in [0.15, 0.2) is 48.7 Å². The van der Waals surface area contributed by atoms with Crippen molar-refractivity contribution in [1.29, 1.82) is 0 Å². The lowest BCUT2D eigenvalue weighted by molar-refractivity contribution is -0.188. The highest BCUT2D eigenvalue weighted by Crippen LogP contribution is 2.19. The van der Waals surface area contributed by atoms with Crippen molar-refractivity contribution >= 4 is 22.8 Å². The molecule has 22 heavy (non-hydrogen) atoms. The molecule has 0 radical (unpaired) electrons. The van der Waals surface area contributed by atoms with Crippen molar-refractivity contribution in [3.63, 3.8) is 0 Å². The zero-order valence-electron chi connectivity index (χ0n) is 11.5. The lowest BCUT2D eigenvalue weighted by Crippen LogP contribution is -2.22. The summed E-state index contributed by atoms with van der Waals surface area (Å²) in [4.78, 5) is 11.0. The Kier molecular flexibility index (Phi) is 5.04. The van der Waals surface area contributed by atoms with Gasteiger partial charge in [-0.1, -0.05) is 42.5 Å². The van der Waals surface area contributed by atoms with Gasteiger partial charge in [0.05, 0.1) is 6.26 Å². The van der Waals surface area contributed by atoms with Crippen LogP contribution in [0.25, 0.3) is 16.8 Å². The van der Waals surface area contributed by atoms with Crippen molar-refractivity contribution in [3.05, 3.63) is 54.3 Å². The van der Waals surface area contributed by atoms with Gasteiger partial charge in [0.15, 0.2) is 13.2 Å². The smallest absolute Gasteiger partial charge is 0.422 e. The fraction of sp³-hybridized carbons (Fsp3) is 0.188. The first kappa shape index (κ1) is 15.9. The van der Waals surface area contributed by atoms with Gasteiger partial charge in [0.1, 0.15) is 0 Å². The van der Waals surface area contributed by atoms with E-state index in [2.05, 4.69) is 4.74 Å². The van der Waals surface area contributed by atoms with Crippen LogP contribution in [-0.4, -0.2) is 25.4 Å². The second-order valence-corrected chi connectivity index (χ2v) is 4.46. The number of rotatable bonds is 5. The van der Waals surface area contributed by atoms with Crippen molar-refractivity contribution in [3.8, 4) is 0 Å². The molecule has 0 aliphatic heterocycles. The molecule has 2 rings (SSSR count). The molecule has 0 aliphatic carbocycles. The average Bonchev–Trinajstić information content (AvgIpc) is 2.49. The van der Waals surface area contributed by atoms with Crippen LogP contribution in [0.2, 0.25) is 0 Å². The highest BCUT2D eigenvalue weighted by Gasteiger charge is 2.29. The van der Waals surface area contributed by atoms with Gasteiger partial charge in [0.25, 0.3) is 0 Å². The Bertz CT molecular complexity index is 672. The topological polar surface area (TPSA) is 35.5 Å². The zero-order valence-corrected chi connectivity index (χ0v) is 11.5. The SMILES string of the molecule is O=C(COC=Cc1cccc2ccccc12)OCC(F)(F)F. The van der Waals surface area contributed by atoms with E-state index in [9.17, 15) is 18.0 Å². The number of halogens is 3. The molecular weight excluding hydrogens is 297 g/mol. The Morgan fingerprint density at radius 3 is 2.59 bits per heavy atom. The van der Waals surface area contributed by atoms with Crippen molar-refractivity contribution in [2.45, 2.75) is 6.18 Å². The number of ether oxygens (including phenoxy) is 2. The van der Waals surface area contributed by atoms with Crippen molar-refractivity contribution < 1.29 is 27.4 Å². The quantitative estimate of drug-likeness (QED) is 0.620. The Morgan fingerprint density at radius 2 is 1.82 bits per heavy atom. The monoisotopic (exact) mass is 310 g/mol. The maximum atomic E-state index is 11.8. The Labute approximate surface area is 124 Å². The zero-order chi connectivity index (χ0) is 16.0. The predicted octanol–water partition coefficient (Wildman–Crippen LogP) is 3.93. The molecule has 0 saturated carbocycles. The summed E-state index contributed by atoms with van der Waals surface area (Å²) in [5, 5.41) is 2.05. The van der Waals surface area contributed by atoms with Crippen LogP contribution in [0.4, 0.5) is 13.2 Å². The maximum absolute atomic E-state index is 11.8. The van der Waals surface area contributed by atoms with Crippen molar-refractivity contribution in [2.75, 3.05) is 13.2 Å². The second kappa shape index (κ2) is 6.98. The summed E-state index contributed by atoms with van der Waals surface area (Å²) in [6.45, 7) is -2.18. The number of alkyl halides is 3. The number of benzene rings is 2. The van der Waals surface area contributed by atoms with Gasteiger partial charge in [-0.15, -0.1) is 0 Å². The molecule has 0 amide bonds. The van der Waals surface area contributed by atoms with Crippen molar-refractivity contribution in [2.24, 2.45) is 0 Å². The number of esters is 1. The van der Waals surface area contributed by atoms with E-state index in [1.165, 1.54) is 6.26 Å². The van der Waals surface area contributed by atoms with Gasteiger partial charge in [-0.3, -0.25) is 0 Å². The van der Waals surface area contributed by atoms with Gasteiger partial charge in [-0.2, -0.15) is 13.2 Å². The van der Waals surface area contributed by atoms with E-state index >= 15 is 0 Å². The Morgan fingerprint density at radius 1 is 1.09 bits per heavy atom. The molecule has 0 unspecified atom stereocenters. The van der Waals surface area contributed by atoms with Crippen LogP contribution in [0.3, 0.4) is 0 Å². The third-order valence-electron chi connectivity index (χ3n) is 2.77. The first-order valence-electron chi connectivity index (χ1n) is 6.44. The Hall–Kier alpha value is -2.50.